The minimum absolute atomic E-state index is 0.134. The van der Waals surface area contributed by atoms with Crippen LogP contribution in [0.5, 0.6) is 11.5 Å². The summed E-state index contributed by atoms with van der Waals surface area (Å²) in [5, 5.41) is 13.4. The van der Waals surface area contributed by atoms with Crippen molar-refractivity contribution in [2.45, 2.75) is 37.5 Å². The minimum Gasteiger partial charge on any atom is -0.493 e. The first-order valence-corrected chi connectivity index (χ1v) is 13.5. The summed E-state index contributed by atoms with van der Waals surface area (Å²) in [6, 6.07) is 25.5. The Morgan fingerprint density at radius 3 is 2.41 bits per heavy atom. The molecule has 7 heteroatoms. The quantitative estimate of drug-likeness (QED) is 0.224. The Balaban J connectivity index is 1.82. The molecule has 1 unspecified atom stereocenters. The van der Waals surface area contributed by atoms with Gasteiger partial charge in [0.2, 0.25) is 5.91 Å². The number of carbonyl (C=O) groups is 1. The summed E-state index contributed by atoms with van der Waals surface area (Å²) in [4.78, 5) is 18.3. The molecule has 1 atom stereocenters. The number of amides is 1. The number of aromatic nitrogens is 1. The van der Waals surface area contributed by atoms with Gasteiger partial charge in [0.25, 0.3) is 0 Å². The van der Waals surface area contributed by atoms with E-state index in [1.807, 2.05) is 93.6 Å². The third kappa shape index (κ3) is 6.08. The van der Waals surface area contributed by atoms with Crippen molar-refractivity contribution >= 4 is 23.4 Å². The van der Waals surface area contributed by atoms with Gasteiger partial charge in [0.1, 0.15) is 11.1 Å². The van der Waals surface area contributed by atoms with E-state index in [1.165, 1.54) is 11.8 Å². The predicted molar refractivity (Wildman–Crippen MR) is 157 cm³/mol. The molecule has 0 bridgehead atoms. The summed E-state index contributed by atoms with van der Waals surface area (Å²) < 4.78 is 11.2. The number of nitriles is 1. The number of anilines is 1. The normalized spacial score (nSPS) is 11.4. The Hall–Kier alpha value is -4.28. The Bertz CT molecular complexity index is 1530. The summed E-state index contributed by atoms with van der Waals surface area (Å²) in [5.74, 6) is 0.952. The molecule has 0 saturated heterocycles. The molecule has 6 nitrogen and oxygen atoms in total. The minimum atomic E-state index is -0.462. The molecule has 0 spiro atoms. The molecule has 0 fully saturated rings. The standard InChI is InChI=1S/C32H31N3O3S/c1-6-29(31(36)34-26-16-15-20(2)17-21(26)3)39-32-25(19-33)24(18-27(35-32)22-11-8-7-9-12-22)23-13-10-14-28(37-4)30(23)38-5/h7-18,29H,6H2,1-5H3,(H,34,36). The fraction of sp³-hybridized carbons (Fsp3) is 0.219. The lowest BCUT2D eigenvalue weighted by atomic mass is 9.98. The molecule has 0 saturated carbocycles. The van der Waals surface area contributed by atoms with Crippen molar-refractivity contribution in [2.75, 3.05) is 19.5 Å². The number of pyridine rings is 1. The number of hydrogen-bond acceptors (Lipinski definition) is 6. The van der Waals surface area contributed by atoms with Crippen molar-refractivity contribution in [1.82, 2.24) is 4.98 Å². The number of para-hydroxylation sites is 1. The van der Waals surface area contributed by atoms with Crippen LogP contribution in [0.1, 0.15) is 30.0 Å². The fourth-order valence-corrected chi connectivity index (χ4v) is 5.43. The third-order valence-corrected chi connectivity index (χ3v) is 7.77. The van der Waals surface area contributed by atoms with Crippen LogP contribution >= 0.6 is 11.8 Å². The van der Waals surface area contributed by atoms with E-state index in [0.717, 1.165) is 22.4 Å². The highest BCUT2D eigenvalue weighted by atomic mass is 32.2. The van der Waals surface area contributed by atoms with Crippen molar-refractivity contribution in [2.24, 2.45) is 0 Å². The molecule has 0 aliphatic carbocycles. The zero-order valence-corrected chi connectivity index (χ0v) is 23.6. The molecule has 4 rings (SSSR count). The first-order chi connectivity index (χ1) is 18.9. The van der Waals surface area contributed by atoms with Gasteiger partial charge in [0.05, 0.1) is 30.7 Å². The maximum absolute atomic E-state index is 13.4. The number of thioether (sulfide) groups is 1. The SMILES string of the molecule is CCC(Sc1nc(-c2ccccc2)cc(-c2cccc(OC)c2OC)c1C#N)C(=O)Nc1ccc(C)cc1C. The zero-order chi connectivity index (χ0) is 27.9. The van der Waals surface area contributed by atoms with E-state index in [9.17, 15) is 10.1 Å². The van der Waals surface area contributed by atoms with Crippen LogP contribution in [0.2, 0.25) is 0 Å². The Morgan fingerprint density at radius 1 is 1.00 bits per heavy atom. The molecule has 1 N–H and O–H groups in total. The van der Waals surface area contributed by atoms with Gasteiger partial charge in [0.15, 0.2) is 11.5 Å². The molecule has 1 amide bonds. The summed E-state index contributed by atoms with van der Waals surface area (Å²) >= 11 is 1.30. The number of methoxy groups -OCH3 is 2. The van der Waals surface area contributed by atoms with Crippen LogP contribution in [0.25, 0.3) is 22.4 Å². The van der Waals surface area contributed by atoms with Gasteiger partial charge < -0.3 is 14.8 Å². The fourth-order valence-electron chi connectivity index (χ4n) is 4.41. The molecule has 1 heterocycles. The molecule has 39 heavy (non-hydrogen) atoms. The largest absolute Gasteiger partial charge is 0.493 e. The lowest BCUT2D eigenvalue weighted by molar-refractivity contribution is -0.115. The van der Waals surface area contributed by atoms with Gasteiger partial charge in [-0.05, 0) is 44.0 Å². The van der Waals surface area contributed by atoms with Crippen molar-refractivity contribution in [3.8, 4) is 40.0 Å². The Labute approximate surface area is 234 Å². The number of benzene rings is 3. The van der Waals surface area contributed by atoms with Gasteiger partial charge in [-0.2, -0.15) is 5.26 Å². The molecule has 3 aromatic carbocycles. The number of nitrogens with zero attached hydrogens (tertiary/aromatic N) is 2. The summed E-state index contributed by atoms with van der Waals surface area (Å²) in [6.45, 7) is 5.95. The first-order valence-electron chi connectivity index (χ1n) is 12.7. The van der Waals surface area contributed by atoms with Gasteiger partial charge in [-0.25, -0.2) is 4.98 Å². The van der Waals surface area contributed by atoms with Crippen molar-refractivity contribution in [1.29, 1.82) is 5.26 Å². The highest BCUT2D eigenvalue weighted by Crippen LogP contribution is 2.43. The van der Waals surface area contributed by atoms with E-state index in [1.54, 1.807) is 14.2 Å². The summed E-state index contributed by atoms with van der Waals surface area (Å²) in [7, 11) is 3.16. The zero-order valence-electron chi connectivity index (χ0n) is 22.7. The van der Waals surface area contributed by atoms with Gasteiger partial charge in [0, 0.05) is 22.4 Å². The second-order valence-corrected chi connectivity index (χ2v) is 10.3. The number of nitrogens with one attached hydrogen (secondary N) is 1. The van der Waals surface area contributed by atoms with Crippen LogP contribution in [-0.4, -0.2) is 30.4 Å². The smallest absolute Gasteiger partial charge is 0.237 e. The van der Waals surface area contributed by atoms with Crippen LogP contribution in [0, 0.1) is 25.2 Å². The maximum atomic E-state index is 13.4. The van der Waals surface area contributed by atoms with Gasteiger partial charge >= 0.3 is 0 Å². The molecule has 0 aliphatic heterocycles. The van der Waals surface area contributed by atoms with E-state index < -0.39 is 5.25 Å². The van der Waals surface area contributed by atoms with Crippen LogP contribution in [0.15, 0.2) is 77.8 Å². The lowest BCUT2D eigenvalue weighted by Crippen LogP contribution is -2.25. The first kappa shape index (κ1) is 27.7. The molecule has 1 aromatic heterocycles. The number of rotatable bonds is 9. The van der Waals surface area contributed by atoms with Crippen LogP contribution < -0.4 is 14.8 Å². The van der Waals surface area contributed by atoms with Gasteiger partial charge in [-0.15, -0.1) is 0 Å². The topological polar surface area (TPSA) is 84.2 Å². The molecule has 4 aromatic rings. The highest BCUT2D eigenvalue weighted by Gasteiger charge is 2.25. The Morgan fingerprint density at radius 2 is 1.77 bits per heavy atom. The van der Waals surface area contributed by atoms with Gasteiger partial charge in [-0.3, -0.25) is 4.79 Å². The van der Waals surface area contributed by atoms with E-state index in [0.29, 0.717) is 45.3 Å². The second kappa shape index (κ2) is 12.5. The predicted octanol–water partition coefficient (Wildman–Crippen LogP) is 7.43. The average molecular weight is 538 g/mol. The van der Waals surface area contributed by atoms with Crippen LogP contribution in [0.4, 0.5) is 5.69 Å². The number of ether oxygens (including phenoxy) is 2. The molecular weight excluding hydrogens is 506 g/mol. The Kier molecular flexibility index (Phi) is 8.90. The number of aryl methyl sites for hydroxylation is 2. The second-order valence-electron chi connectivity index (χ2n) is 9.08. The van der Waals surface area contributed by atoms with E-state index in [-0.39, 0.29) is 5.91 Å². The van der Waals surface area contributed by atoms with Crippen molar-refractivity contribution in [3.63, 3.8) is 0 Å². The average Bonchev–Trinajstić information content (AvgIpc) is 2.96. The van der Waals surface area contributed by atoms with Crippen LogP contribution in [-0.2, 0) is 4.79 Å². The van der Waals surface area contributed by atoms with E-state index in [4.69, 9.17) is 14.5 Å². The van der Waals surface area contributed by atoms with Crippen molar-refractivity contribution in [3.05, 3.63) is 89.5 Å². The third-order valence-electron chi connectivity index (χ3n) is 6.42. The van der Waals surface area contributed by atoms with E-state index >= 15 is 0 Å². The van der Waals surface area contributed by atoms with Gasteiger partial charge in [-0.1, -0.05) is 78.8 Å². The molecule has 198 valence electrons. The monoisotopic (exact) mass is 537 g/mol. The number of hydrogen-bond donors (Lipinski definition) is 1. The van der Waals surface area contributed by atoms with Crippen molar-refractivity contribution < 1.29 is 14.3 Å². The number of carbonyl (C=O) groups excluding carboxylic acids is 1. The van der Waals surface area contributed by atoms with Crippen LogP contribution in [0.3, 0.4) is 0 Å². The van der Waals surface area contributed by atoms with E-state index in [2.05, 4.69) is 11.4 Å². The maximum Gasteiger partial charge on any atom is 0.237 e. The highest BCUT2D eigenvalue weighted by molar-refractivity contribution is 8.00. The summed E-state index contributed by atoms with van der Waals surface area (Å²) in [5.41, 5.74) is 6.26. The molecule has 0 aliphatic rings. The molecular formula is C32H31N3O3S. The summed E-state index contributed by atoms with van der Waals surface area (Å²) in [6.07, 6.45) is 0.557. The lowest BCUT2D eigenvalue weighted by Gasteiger charge is -2.19. The molecule has 0 radical (unpaired) electrons.